The van der Waals surface area contributed by atoms with Crippen LogP contribution < -0.4 is 5.32 Å². The molecule has 2 rings (SSSR count). The molecule has 1 saturated carbocycles. The maximum absolute atomic E-state index is 9.89. The Morgan fingerprint density at radius 2 is 2.29 bits per heavy atom. The zero-order valence-corrected chi connectivity index (χ0v) is 10.5. The van der Waals surface area contributed by atoms with E-state index in [0.29, 0.717) is 6.04 Å². The molecule has 3 atom stereocenters. The van der Waals surface area contributed by atoms with E-state index in [0.717, 1.165) is 25.8 Å². The van der Waals surface area contributed by atoms with Gasteiger partial charge in [-0.15, -0.1) is 0 Å². The zero-order valence-electron chi connectivity index (χ0n) is 10.5. The van der Waals surface area contributed by atoms with E-state index in [1.807, 2.05) is 23.1 Å². The SMILES string of the molecule is CC(CCn1cccn1)NC1CCCCC1O. The molecular formula is C13H23N3O. The van der Waals surface area contributed by atoms with Crippen molar-refractivity contribution in [1.29, 1.82) is 0 Å². The minimum atomic E-state index is -0.157. The van der Waals surface area contributed by atoms with Crippen molar-refractivity contribution in [2.24, 2.45) is 0 Å². The van der Waals surface area contributed by atoms with Gasteiger partial charge in [0.1, 0.15) is 0 Å². The molecule has 1 fully saturated rings. The van der Waals surface area contributed by atoms with Crippen LogP contribution >= 0.6 is 0 Å². The molecule has 96 valence electrons. The second-order valence-electron chi connectivity index (χ2n) is 5.08. The maximum Gasteiger partial charge on any atom is 0.0693 e. The lowest BCUT2D eigenvalue weighted by molar-refractivity contribution is 0.0850. The average molecular weight is 237 g/mol. The second-order valence-corrected chi connectivity index (χ2v) is 5.08. The van der Waals surface area contributed by atoms with Crippen molar-refractivity contribution >= 4 is 0 Å². The number of aromatic nitrogens is 2. The predicted molar refractivity (Wildman–Crippen MR) is 67.7 cm³/mol. The highest BCUT2D eigenvalue weighted by Crippen LogP contribution is 2.19. The molecule has 1 aromatic heterocycles. The van der Waals surface area contributed by atoms with Gasteiger partial charge < -0.3 is 10.4 Å². The summed E-state index contributed by atoms with van der Waals surface area (Å²) in [7, 11) is 0. The van der Waals surface area contributed by atoms with Gasteiger partial charge in [0.15, 0.2) is 0 Å². The second kappa shape index (κ2) is 6.17. The molecule has 17 heavy (non-hydrogen) atoms. The van der Waals surface area contributed by atoms with Gasteiger partial charge in [-0.3, -0.25) is 4.68 Å². The molecule has 4 nitrogen and oxygen atoms in total. The molecule has 1 aromatic rings. The monoisotopic (exact) mass is 237 g/mol. The van der Waals surface area contributed by atoms with E-state index in [1.54, 1.807) is 0 Å². The zero-order chi connectivity index (χ0) is 12.1. The van der Waals surface area contributed by atoms with Crippen LogP contribution in [-0.4, -0.2) is 33.1 Å². The Morgan fingerprint density at radius 3 is 3.00 bits per heavy atom. The van der Waals surface area contributed by atoms with Crippen LogP contribution in [0.25, 0.3) is 0 Å². The van der Waals surface area contributed by atoms with Crippen LogP contribution in [0.5, 0.6) is 0 Å². The van der Waals surface area contributed by atoms with Crippen LogP contribution in [-0.2, 0) is 6.54 Å². The van der Waals surface area contributed by atoms with Crippen molar-refractivity contribution in [2.75, 3.05) is 0 Å². The van der Waals surface area contributed by atoms with Crippen molar-refractivity contribution in [3.8, 4) is 0 Å². The number of hydrogen-bond donors (Lipinski definition) is 2. The van der Waals surface area contributed by atoms with Crippen molar-refractivity contribution < 1.29 is 5.11 Å². The van der Waals surface area contributed by atoms with Gasteiger partial charge in [0.05, 0.1) is 6.10 Å². The molecule has 0 bridgehead atoms. The Kier molecular flexibility index (Phi) is 4.57. The van der Waals surface area contributed by atoms with Crippen LogP contribution in [0.15, 0.2) is 18.5 Å². The Bertz CT molecular complexity index is 312. The number of nitrogens with zero attached hydrogens (tertiary/aromatic N) is 2. The summed E-state index contributed by atoms with van der Waals surface area (Å²) in [4.78, 5) is 0. The van der Waals surface area contributed by atoms with E-state index >= 15 is 0 Å². The topological polar surface area (TPSA) is 50.1 Å². The summed E-state index contributed by atoms with van der Waals surface area (Å²) in [5.41, 5.74) is 0. The molecule has 1 heterocycles. The number of hydrogen-bond acceptors (Lipinski definition) is 3. The molecule has 0 saturated heterocycles. The third-order valence-corrected chi connectivity index (χ3v) is 3.58. The normalized spacial score (nSPS) is 26.9. The summed E-state index contributed by atoms with van der Waals surface area (Å²) in [6.07, 6.45) is 9.14. The van der Waals surface area contributed by atoms with Gasteiger partial charge in [0, 0.05) is 31.0 Å². The molecule has 4 heteroatoms. The average Bonchev–Trinajstić information content (AvgIpc) is 2.82. The molecule has 0 aromatic carbocycles. The largest absolute Gasteiger partial charge is 0.392 e. The number of rotatable bonds is 5. The summed E-state index contributed by atoms with van der Waals surface area (Å²) in [6, 6.07) is 2.66. The lowest BCUT2D eigenvalue weighted by Gasteiger charge is -2.31. The number of aryl methyl sites for hydroxylation is 1. The minimum absolute atomic E-state index is 0.157. The van der Waals surface area contributed by atoms with Gasteiger partial charge in [-0.1, -0.05) is 12.8 Å². The number of aliphatic hydroxyl groups is 1. The molecule has 1 aliphatic rings. The number of nitrogens with one attached hydrogen (secondary N) is 1. The molecular weight excluding hydrogens is 214 g/mol. The van der Waals surface area contributed by atoms with Gasteiger partial charge >= 0.3 is 0 Å². The first-order chi connectivity index (χ1) is 8.25. The molecule has 1 aliphatic carbocycles. The van der Waals surface area contributed by atoms with Crippen LogP contribution in [0.1, 0.15) is 39.0 Å². The lowest BCUT2D eigenvalue weighted by Crippen LogP contribution is -2.46. The van der Waals surface area contributed by atoms with E-state index in [4.69, 9.17) is 0 Å². The van der Waals surface area contributed by atoms with Gasteiger partial charge in [-0.05, 0) is 32.3 Å². The summed E-state index contributed by atoms with van der Waals surface area (Å²) in [5.74, 6) is 0. The standard InChI is InChI=1S/C13H23N3O/c1-11(7-10-16-9-4-8-14-16)15-12-5-2-3-6-13(12)17/h4,8-9,11-13,15,17H,2-3,5-7,10H2,1H3. The van der Waals surface area contributed by atoms with Crippen molar-refractivity contribution in [3.63, 3.8) is 0 Å². The smallest absolute Gasteiger partial charge is 0.0693 e. The fourth-order valence-electron chi connectivity index (χ4n) is 2.51. The summed E-state index contributed by atoms with van der Waals surface area (Å²) in [5, 5.41) is 17.6. The van der Waals surface area contributed by atoms with Crippen LogP contribution in [0.2, 0.25) is 0 Å². The van der Waals surface area contributed by atoms with Crippen molar-refractivity contribution in [1.82, 2.24) is 15.1 Å². The molecule has 0 amide bonds. The van der Waals surface area contributed by atoms with Gasteiger partial charge in [0.2, 0.25) is 0 Å². The third-order valence-electron chi connectivity index (χ3n) is 3.58. The quantitative estimate of drug-likeness (QED) is 0.817. The first-order valence-electron chi connectivity index (χ1n) is 6.67. The van der Waals surface area contributed by atoms with E-state index in [1.165, 1.54) is 12.8 Å². The lowest BCUT2D eigenvalue weighted by atomic mass is 9.92. The van der Waals surface area contributed by atoms with Gasteiger partial charge in [0.25, 0.3) is 0 Å². The Labute approximate surface area is 103 Å². The maximum atomic E-state index is 9.89. The Balaban J connectivity index is 1.71. The summed E-state index contributed by atoms with van der Waals surface area (Å²) in [6.45, 7) is 3.12. The third kappa shape index (κ3) is 3.82. The van der Waals surface area contributed by atoms with E-state index in [2.05, 4.69) is 17.3 Å². The van der Waals surface area contributed by atoms with E-state index < -0.39 is 0 Å². The molecule has 0 radical (unpaired) electrons. The Hall–Kier alpha value is -0.870. The van der Waals surface area contributed by atoms with Crippen LogP contribution in [0.3, 0.4) is 0 Å². The van der Waals surface area contributed by atoms with Gasteiger partial charge in [-0.25, -0.2) is 0 Å². The fourth-order valence-corrected chi connectivity index (χ4v) is 2.51. The molecule has 2 N–H and O–H groups in total. The van der Waals surface area contributed by atoms with Crippen LogP contribution in [0.4, 0.5) is 0 Å². The van der Waals surface area contributed by atoms with E-state index in [-0.39, 0.29) is 12.1 Å². The predicted octanol–water partition coefficient (Wildman–Crippen LogP) is 1.55. The van der Waals surface area contributed by atoms with Crippen molar-refractivity contribution in [3.05, 3.63) is 18.5 Å². The highest BCUT2D eigenvalue weighted by atomic mass is 16.3. The highest BCUT2D eigenvalue weighted by Gasteiger charge is 2.23. The fraction of sp³-hybridized carbons (Fsp3) is 0.769. The Morgan fingerprint density at radius 1 is 1.47 bits per heavy atom. The van der Waals surface area contributed by atoms with Crippen LogP contribution in [0, 0.1) is 0 Å². The molecule has 3 unspecified atom stereocenters. The highest BCUT2D eigenvalue weighted by molar-refractivity contribution is 4.83. The summed E-state index contributed by atoms with van der Waals surface area (Å²) >= 11 is 0. The van der Waals surface area contributed by atoms with E-state index in [9.17, 15) is 5.11 Å². The first-order valence-corrected chi connectivity index (χ1v) is 6.67. The van der Waals surface area contributed by atoms with Crippen molar-refractivity contribution in [2.45, 2.75) is 63.8 Å². The number of aliphatic hydroxyl groups excluding tert-OH is 1. The minimum Gasteiger partial charge on any atom is -0.392 e. The van der Waals surface area contributed by atoms with Gasteiger partial charge in [-0.2, -0.15) is 5.10 Å². The summed E-state index contributed by atoms with van der Waals surface area (Å²) < 4.78 is 1.95. The molecule has 0 spiro atoms. The first kappa shape index (κ1) is 12.6. The molecule has 0 aliphatic heterocycles.